The number of ether oxygens (including phenoxy) is 1. The van der Waals surface area contributed by atoms with Gasteiger partial charge in [-0.05, 0) is 18.2 Å². The summed E-state index contributed by atoms with van der Waals surface area (Å²) in [6.07, 6.45) is 0. The molecule has 3 aromatic carbocycles. The van der Waals surface area contributed by atoms with Crippen LogP contribution >= 0.6 is 23.2 Å². The van der Waals surface area contributed by atoms with E-state index in [2.05, 4.69) is 15.2 Å². The van der Waals surface area contributed by atoms with Gasteiger partial charge in [-0.15, -0.1) is 10.2 Å². The van der Waals surface area contributed by atoms with Crippen LogP contribution in [-0.4, -0.2) is 15.2 Å². The van der Waals surface area contributed by atoms with E-state index in [9.17, 15) is 0 Å². The smallest absolute Gasteiger partial charge is 0.250 e. The Morgan fingerprint density at radius 1 is 0.704 bits per heavy atom. The number of hydrogen-bond acceptors (Lipinski definition) is 4. The fourth-order valence-corrected chi connectivity index (χ4v) is 2.98. The highest BCUT2D eigenvalue weighted by Gasteiger charge is 2.16. The van der Waals surface area contributed by atoms with Gasteiger partial charge in [-0.2, -0.15) is 4.98 Å². The normalized spacial score (nSPS) is 10.6. The predicted molar refractivity (Wildman–Crippen MR) is 107 cm³/mol. The first-order chi connectivity index (χ1) is 13.2. The van der Waals surface area contributed by atoms with Crippen molar-refractivity contribution in [1.82, 2.24) is 15.2 Å². The van der Waals surface area contributed by atoms with E-state index in [1.165, 1.54) is 0 Å². The molecule has 27 heavy (non-hydrogen) atoms. The molecule has 0 aliphatic carbocycles. The number of benzene rings is 3. The summed E-state index contributed by atoms with van der Waals surface area (Å²) in [7, 11) is 0. The van der Waals surface area contributed by atoms with Gasteiger partial charge in [0.1, 0.15) is 5.75 Å². The van der Waals surface area contributed by atoms with E-state index in [0.717, 1.165) is 11.1 Å². The molecule has 0 atom stereocenters. The number of aromatic nitrogens is 3. The van der Waals surface area contributed by atoms with Crippen LogP contribution in [0.4, 0.5) is 0 Å². The fourth-order valence-electron chi connectivity index (χ4n) is 2.53. The van der Waals surface area contributed by atoms with Gasteiger partial charge in [-0.1, -0.05) is 83.9 Å². The molecule has 6 heteroatoms. The Labute approximate surface area is 166 Å². The van der Waals surface area contributed by atoms with Crippen LogP contribution in [0.3, 0.4) is 0 Å². The predicted octanol–water partition coefficient (Wildman–Crippen LogP) is 6.30. The van der Waals surface area contributed by atoms with Crippen molar-refractivity contribution in [2.24, 2.45) is 0 Å². The summed E-state index contributed by atoms with van der Waals surface area (Å²) in [6.45, 7) is 0. The molecular weight excluding hydrogens is 381 g/mol. The van der Waals surface area contributed by atoms with E-state index in [0.29, 0.717) is 33.2 Å². The largest absolute Gasteiger partial charge is 0.435 e. The van der Waals surface area contributed by atoms with Crippen molar-refractivity contribution >= 4 is 23.2 Å². The first-order valence-corrected chi connectivity index (χ1v) is 8.95. The number of nitrogens with zero attached hydrogens (tertiary/aromatic N) is 3. The van der Waals surface area contributed by atoms with Gasteiger partial charge in [0.15, 0.2) is 11.5 Å². The van der Waals surface area contributed by atoms with E-state index in [-0.39, 0.29) is 0 Å². The zero-order chi connectivity index (χ0) is 18.6. The average molecular weight is 394 g/mol. The van der Waals surface area contributed by atoms with Crippen LogP contribution in [0.2, 0.25) is 10.0 Å². The summed E-state index contributed by atoms with van der Waals surface area (Å²) >= 11 is 12.2. The molecule has 4 rings (SSSR count). The van der Waals surface area contributed by atoms with Crippen molar-refractivity contribution in [3.63, 3.8) is 0 Å². The van der Waals surface area contributed by atoms with Crippen LogP contribution in [-0.2, 0) is 0 Å². The molecule has 0 spiro atoms. The molecule has 0 aliphatic rings. The minimum Gasteiger partial charge on any atom is -0.435 e. The van der Waals surface area contributed by atoms with Gasteiger partial charge in [0.25, 0.3) is 0 Å². The van der Waals surface area contributed by atoms with Crippen LogP contribution < -0.4 is 4.74 Å². The molecule has 0 N–H and O–H groups in total. The van der Waals surface area contributed by atoms with Crippen molar-refractivity contribution in [3.05, 3.63) is 88.9 Å². The van der Waals surface area contributed by atoms with Gasteiger partial charge in [-0.25, -0.2) is 0 Å². The molecule has 0 aliphatic heterocycles. The molecule has 132 valence electrons. The molecule has 0 saturated heterocycles. The Hall–Kier alpha value is -2.95. The van der Waals surface area contributed by atoms with E-state index in [1.807, 2.05) is 60.7 Å². The molecule has 0 amide bonds. The second-order valence-electron chi connectivity index (χ2n) is 5.70. The van der Waals surface area contributed by atoms with Crippen molar-refractivity contribution in [2.75, 3.05) is 0 Å². The van der Waals surface area contributed by atoms with Gasteiger partial charge < -0.3 is 4.74 Å². The highest BCUT2D eigenvalue weighted by atomic mass is 35.5. The average Bonchev–Trinajstić information content (AvgIpc) is 2.71. The minimum absolute atomic E-state index is 0.319. The lowest BCUT2D eigenvalue weighted by molar-refractivity contribution is 0.461. The quantitative estimate of drug-likeness (QED) is 0.407. The van der Waals surface area contributed by atoms with Crippen molar-refractivity contribution in [2.45, 2.75) is 0 Å². The lowest BCUT2D eigenvalue weighted by Gasteiger charge is -2.11. The highest BCUT2D eigenvalue weighted by molar-refractivity contribution is 6.35. The Balaban J connectivity index is 1.82. The standard InChI is InChI=1S/C21H13Cl2N3O/c22-16-11-12-18(17(23)13-16)27-21-19(14-7-3-1-4-8-14)25-26-20(24-21)15-9-5-2-6-10-15/h1-13H. The van der Waals surface area contributed by atoms with Crippen LogP contribution in [0.25, 0.3) is 22.6 Å². The molecule has 0 unspecified atom stereocenters. The number of hydrogen-bond donors (Lipinski definition) is 0. The van der Waals surface area contributed by atoms with Gasteiger partial charge in [-0.3, -0.25) is 0 Å². The van der Waals surface area contributed by atoms with Gasteiger partial charge >= 0.3 is 0 Å². The van der Waals surface area contributed by atoms with E-state index in [4.69, 9.17) is 27.9 Å². The maximum atomic E-state index is 6.26. The third-order valence-corrected chi connectivity index (χ3v) is 4.36. The number of halogens is 2. The van der Waals surface area contributed by atoms with Crippen LogP contribution in [0.15, 0.2) is 78.9 Å². The molecule has 0 fully saturated rings. The van der Waals surface area contributed by atoms with E-state index in [1.54, 1.807) is 18.2 Å². The maximum Gasteiger partial charge on any atom is 0.250 e. The summed E-state index contributed by atoms with van der Waals surface area (Å²) in [6, 6.07) is 24.2. The van der Waals surface area contributed by atoms with Gasteiger partial charge in [0.05, 0.1) is 5.02 Å². The summed E-state index contributed by atoms with van der Waals surface area (Å²) < 4.78 is 6.01. The van der Waals surface area contributed by atoms with E-state index >= 15 is 0 Å². The molecule has 1 aromatic heterocycles. The summed E-state index contributed by atoms with van der Waals surface area (Å²) in [5.41, 5.74) is 2.22. The third-order valence-electron chi connectivity index (χ3n) is 3.83. The van der Waals surface area contributed by atoms with Gasteiger partial charge in [0, 0.05) is 16.1 Å². The second kappa shape index (κ2) is 7.74. The third kappa shape index (κ3) is 3.92. The SMILES string of the molecule is Clc1ccc(Oc2nc(-c3ccccc3)nnc2-c2ccccc2)c(Cl)c1. The first-order valence-electron chi connectivity index (χ1n) is 8.19. The molecule has 4 aromatic rings. The van der Waals surface area contributed by atoms with Crippen LogP contribution in [0, 0.1) is 0 Å². The Morgan fingerprint density at radius 2 is 1.37 bits per heavy atom. The van der Waals surface area contributed by atoms with Crippen LogP contribution in [0.1, 0.15) is 0 Å². The van der Waals surface area contributed by atoms with E-state index < -0.39 is 0 Å². The first kappa shape index (κ1) is 17.5. The molecule has 0 radical (unpaired) electrons. The Bertz CT molecular complexity index is 1070. The molecular formula is C21H13Cl2N3O. The van der Waals surface area contributed by atoms with Crippen molar-refractivity contribution in [1.29, 1.82) is 0 Å². The molecule has 0 bridgehead atoms. The molecule has 0 saturated carbocycles. The lowest BCUT2D eigenvalue weighted by atomic mass is 10.1. The van der Waals surface area contributed by atoms with Crippen molar-refractivity contribution < 1.29 is 4.74 Å². The highest BCUT2D eigenvalue weighted by Crippen LogP contribution is 2.35. The molecule has 4 nitrogen and oxygen atoms in total. The zero-order valence-electron chi connectivity index (χ0n) is 14.0. The Kier molecular flexibility index (Phi) is 5.01. The molecule has 1 heterocycles. The second-order valence-corrected chi connectivity index (χ2v) is 6.54. The summed E-state index contributed by atoms with van der Waals surface area (Å²) in [5, 5.41) is 9.55. The Morgan fingerprint density at radius 3 is 2.04 bits per heavy atom. The zero-order valence-corrected chi connectivity index (χ0v) is 15.5. The summed E-state index contributed by atoms with van der Waals surface area (Å²) in [4.78, 5) is 4.59. The fraction of sp³-hybridized carbons (Fsp3) is 0. The van der Waals surface area contributed by atoms with Crippen molar-refractivity contribution in [3.8, 4) is 34.3 Å². The number of rotatable bonds is 4. The van der Waals surface area contributed by atoms with Crippen LogP contribution in [0.5, 0.6) is 11.6 Å². The summed E-state index contributed by atoms with van der Waals surface area (Å²) in [5.74, 6) is 1.23. The minimum atomic E-state index is 0.319. The topological polar surface area (TPSA) is 47.9 Å². The van der Waals surface area contributed by atoms with Gasteiger partial charge in [0.2, 0.25) is 5.88 Å². The lowest BCUT2D eigenvalue weighted by Crippen LogP contribution is -2.00. The monoisotopic (exact) mass is 393 g/mol. The maximum absolute atomic E-state index is 6.26.